The van der Waals surface area contributed by atoms with Gasteiger partial charge in [-0.05, 0) is 6.92 Å². The molecule has 0 spiro atoms. The van der Waals surface area contributed by atoms with E-state index in [1.54, 1.807) is 0 Å². The fourth-order valence-electron chi connectivity index (χ4n) is 0.964. The predicted octanol–water partition coefficient (Wildman–Crippen LogP) is 1.94. The normalized spacial score (nSPS) is 13.1. The average molecular weight is 244 g/mol. The first-order valence-corrected chi connectivity index (χ1v) is 5.07. The summed E-state index contributed by atoms with van der Waals surface area (Å²) in [7, 11) is -3.63. The van der Waals surface area contributed by atoms with Gasteiger partial charge in [0.2, 0.25) is 5.76 Å². The first-order chi connectivity index (χ1) is 6.68. The van der Waals surface area contributed by atoms with Crippen LogP contribution in [0.4, 0.5) is 13.2 Å². The van der Waals surface area contributed by atoms with Crippen molar-refractivity contribution < 1.29 is 30.2 Å². The Balaban J connectivity index is 3.44. The van der Waals surface area contributed by atoms with Gasteiger partial charge in [0.15, 0.2) is 0 Å². The highest BCUT2D eigenvalue weighted by Gasteiger charge is 2.42. The smallest absolute Gasteiger partial charge is 0.450 e. The topological polar surface area (TPSA) is 56.5 Å². The van der Waals surface area contributed by atoms with E-state index in [9.17, 15) is 21.6 Å². The zero-order valence-corrected chi connectivity index (χ0v) is 8.57. The maximum absolute atomic E-state index is 12.3. The lowest BCUT2D eigenvalue weighted by atomic mass is 10.4. The molecule has 0 saturated heterocycles. The van der Waals surface area contributed by atoms with Gasteiger partial charge in [0.1, 0.15) is 10.7 Å². The molecule has 0 bridgehead atoms. The predicted molar refractivity (Wildman–Crippen MR) is 42.6 cm³/mol. The summed E-state index contributed by atoms with van der Waals surface area (Å²) in [5.74, 6) is -1.72. The number of aryl methyl sites for hydroxylation is 1. The van der Waals surface area contributed by atoms with Crippen LogP contribution in [0.25, 0.3) is 0 Å². The minimum absolute atomic E-state index is 0.155. The van der Waals surface area contributed by atoms with Crippen LogP contribution < -0.4 is 0 Å². The van der Waals surface area contributed by atoms with E-state index in [1.165, 1.54) is 6.92 Å². The van der Waals surface area contributed by atoms with Gasteiger partial charge in [0.05, 0.1) is 7.11 Å². The van der Waals surface area contributed by atoms with Gasteiger partial charge in [-0.3, -0.25) is 4.18 Å². The van der Waals surface area contributed by atoms with E-state index in [0.717, 1.165) is 13.2 Å². The third-order valence-corrected chi connectivity index (χ3v) is 2.85. The maximum atomic E-state index is 12.3. The Bertz CT molecular complexity index is 457. The van der Waals surface area contributed by atoms with Crippen LogP contribution in [0.1, 0.15) is 11.5 Å². The van der Waals surface area contributed by atoms with Crippen molar-refractivity contribution in [2.45, 2.75) is 18.0 Å². The Hall–Kier alpha value is -1.02. The average Bonchev–Trinajstić information content (AvgIpc) is 2.47. The second-order valence-corrected chi connectivity index (χ2v) is 4.35. The molecule has 0 saturated carbocycles. The second-order valence-electron chi connectivity index (χ2n) is 2.67. The Morgan fingerprint density at radius 1 is 1.40 bits per heavy atom. The van der Waals surface area contributed by atoms with E-state index in [1.807, 2.05) is 0 Å². The minimum atomic E-state index is -4.87. The summed E-state index contributed by atoms with van der Waals surface area (Å²) in [5.41, 5.74) is 0. The number of halogens is 3. The SMILES string of the molecule is COS(=O)(=O)c1cc(C)oc1C(F)(F)F. The molecule has 86 valence electrons. The van der Waals surface area contributed by atoms with Crippen LogP contribution in [-0.4, -0.2) is 15.5 Å². The van der Waals surface area contributed by atoms with Crippen LogP contribution in [0.15, 0.2) is 15.4 Å². The van der Waals surface area contributed by atoms with Crippen molar-refractivity contribution in [2.75, 3.05) is 7.11 Å². The van der Waals surface area contributed by atoms with E-state index in [4.69, 9.17) is 0 Å². The molecule has 15 heavy (non-hydrogen) atoms. The molecule has 0 N–H and O–H groups in total. The lowest BCUT2D eigenvalue weighted by Crippen LogP contribution is -2.11. The molecule has 1 heterocycles. The molecule has 1 rings (SSSR count). The number of rotatable bonds is 2. The van der Waals surface area contributed by atoms with Crippen LogP contribution in [-0.2, 0) is 20.5 Å². The van der Waals surface area contributed by atoms with Crippen LogP contribution in [0.3, 0.4) is 0 Å². The summed E-state index contributed by atoms with van der Waals surface area (Å²) < 4.78 is 67.4. The number of furan rings is 1. The van der Waals surface area contributed by atoms with Crippen molar-refractivity contribution in [3.63, 3.8) is 0 Å². The fourth-order valence-corrected chi connectivity index (χ4v) is 1.84. The van der Waals surface area contributed by atoms with E-state index < -0.39 is 27.0 Å². The van der Waals surface area contributed by atoms with Crippen molar-refractivity contribution >= 4 is 10.1 Å². The van der Waals surface area contributed by atoms with Gasteiger partial charge in [0, 0.05) is 6.07 Å². The monoisotopic (exact) mass is 244 g/mol. The zero-order valence-electron chi connectivity index (χ0n) is 7.75. The molecule has 0 aliphatic rings. The summed E-state index contributed by atoms with van der Waals surface area (Å²) in [6.45, 7) is 1.21. The molecular weight excluding hydrogens is 237 g/mol. The van der Waals surface area contributed by atoms with Gasteiger partial charge in [-0.1, -0.05) is 0 Å². The largest absolute Gasteiger partial charge is 0.455 e. The van der Waals surface area contributed by atoms with Gasteiger partial charge < -0.3 is 4.42 Å². The molecule has 8 heteroatoms. The quantitative estimate of drug-likeness (QED) is 0.746. The summed E-state index contributed by atoms with van der Waals surface area (Å²) in [6, 6.07) is 0.766. The highest BCUT2D eigenvalue weighted by atomic mass is 32.2. The lowest BCUT2D eigenvalue weighted by molar-refractivity contribution is -0.156. The Labute approximate surface area is 83.8 Å². The van der Waals surface area contributed by atoms with E-state index in [-0.39, 0.29) is 5.76 Å². The second kappa shape index (κ2) is 3.53. The van der Waals surface area contributed by atoms with Gasteiger partial charge in [-0.15, -0.1) is 0 Å². The molecule has 1 aromatic rings. The third-order valence-electron chi connectivity index (χ3n) is 1.57. The summed E-state index contributed by atoms with van der Waals surface area (Å²) >= 11 is 0. The highest BCUT2D eigenvalue weighted by molar-refractivity contribution is 7.86. The van der Waals surface area contributed by atoms with Crippen molar-refractivity contribution in [2.24, 2.45) is 0 Å². The summed E-state index contributed by atoms with van der Waals surface area (Å²) in [6.07, 6.45) is -4.87. The molecule has 0 aliphatic carbocycles. The van der Waals surface area contributed by atoms with E-state index in [2.05, 4.69) is 8.60 Å². The molecule has 0 radical (unpaired) electrons. The van der Waals surface area contributed by atoms with Crippen LogP contribution in [0.5, 0.6) is 0 Å². The van der Waals surface area contributed by atoms with Crippen LogP contribution in [0.2, 0.25) is 0 Å². The molecule has 0 fully saturated rings. The van der Waals surface area contributed by atoms with Crippen LogP contribution in [0, 0.1) is 6.92 Å². The van der Waals surface area contributed by atoms with Crippen molar-refractivity contribution in [1.82, 2.24) is 0 Å². The summed E-state index contributed by atoms with van der Waals surface area (Å²) in [5, 5.41) is 0. The van der Waals surface area contributed by atoms with Crippen molar-refractivity contribution in [1.29, 1.82) is 0 Å². The zero-order chi connectivity index (χ0) is 11.9. The molecular formula is C7H7F3O4S. The number of hydrogen-bond donors (Lipinski definition) is 0. The van der Waals surface area contributed by atoms with E-state index in [0.29, 0.717) is 0 Å². The summed E-state index contributed by atoms with van der Waals surface area (Å²) in [4.78, 5) is -1.00. The Morgan fingerprint density at radius 2 is 1.93 bits per heavy atom. The lowest BCUT2D eigenvalue weighted by Gasteiger charge is -2.05. The molecule has 0 unspecified atom stereocenters. The van der Waals surface area contributed by atoms with Crippen molar-refractivity contribution in [3.05, 3.63) is 17.6 Å². The number of alkyl halides is 3. The molecule has 0 aromatic carbocycles. The van der Waals surface area contributed by atoms with Crippen molar-refractivity contribution in [3.8, 4) is 0 Å². The fraction of sp³-hybridized carbons (Fsp3) is 0.429. The Kier molecular flexibility index (Phi) is 2.83. The first kappa shape index (κ1) is 12.1. The Morgan fingerprint density at radius 3 is 2.33 bits per heavy atom. The maximum Gasteiger partial charge on any atom is 0.450 e. The molecule has 0 amide bonds. The molecule has 0 atom stereocenters. The standard InChI is InChI=1S/C7H7F3O4S/c1-4-3-5(15(11,12)13-2)6(14-4)7(8,9)10/h3H,1-2H3. The van der Waals surface area contributed by atoms with Gasteiger partial charge in [0.25, 0.3) is 0 Å². The molecule has 1 aromatic heterocycles. The number of hydrogen-bond acceptors (Lipinski definition) is 4. The first-order valence-electron chi connectivity index (χ1n) is 3.66. The van der Waals surface area contributed by atoms with Gasteiger partial charge in [-0.25, -0.2) is 0 Å². The molecule has 4 nitrogen and oxygen atoms in total. The highest BCUT2D eigenvalue weighted by Crippen LogP contribution is 2.36. The molecule has 0 aliphatic heterocycles. The third kappa shape index (κ3) is 2.32. The van der Waals surface area contributed by atoms with Gasteiger partial charge >= 0.3 is 16.3 Å². The van der Waals surface area contributed by atoms with Gasteiger partial charge in [-0.2, -0.15) is 21.6 Å². The van der Waals surface area contributed by atoms with Crippen LogP contribution >= 0.6 is 0 Å². The van der Waals surface area contributed by atoms with E-state index >= 15 is 0 Å². The minimum Gasteiger partial charge on any atom is -0.455 e.